The second kappa shape index (κ2) is 3.09. The topological polar surface area (TPSA) is 97.4 Å². The molecule has 0 atom stereocenters. The molecule has 0 aromatic carbocycles. The van der Waals surface area contributed by atoms with E-state index in [2.05, 4.69) is 4.98 Å². The molecule has 0 spiro atoms. The number of nitrogens with two attached hydrogens (primary N) is 1. The molecule has 0 aliphatic heterocycles. The van der Waals surface area contributed by atoms with Crippen LogP contribution in [0, 0.1) is 0 Å². The van der Waals surface area contributed by atoms with E-state index in [1.165, 1.54) is 23.0 Å². The fraction of sp³-hybridized carbons (Fsp3) is 0. The Morgan fingerprint density at radius 2 is 2.13 bits per heavy atom. The predicted molar refractivity (Wildman–Crippen MR) is 52.8 cm³/mol. The normalized spacial score (nSPS) is 10.4. The van der Waals surface area contributed by atoms with Gasteiger partial charge in [0.05, 0.1) is 0 Å². The number of hydrogen-bond donors (Lipinski definition) is 2. The molecule has 0 unspecified atom stereocenters. The average Bonchev–Trinajstić information content (AvgIpc) is 2.18. The molecular weight excluding hydrogens is 198 g/mol. The number of aromatic nitrogens is 2. The molecule has 0 radical (unpaired) electrons. The minimum atomic E-state index is -0.810. The quantitative estimate of drug-likeness (QED) is 0.630. The first-order chi connectivity index (χ1) is 7.09. The number of hydrogen-bond acceptors (Lipinski definition) is 3. The molecular formula is C9H7N3O3. The van der Waals surface area contributed by atoms with Gasteiger partial charge in [-0.25, -0.2) is 0 Å². The van der Waals surface area contributed by atoms with Crippen molar-refractivity contribution in [2.45, 2.75) is 0 Å². The average molecular weight is 205 g/mol. The Balaban J connectivity index is 2.95. The van der Waals surface area contributed by atoms with Gasteiger partial charge in [0.1, 0.15) is 11.1 Å². The lowest BCUT2D eigenvalue weighted by molar-refractivity contribution is 0.0999. The number of rotatable bonds is 1. The molecule has 2 aromatic heterocycles. The largest absolute Gasteiger partial charge is 0.365 e. The molecule has 76 valence electrons. The third-order valence-corrected chi connectivity index (χ3v) is 2.03. The highest BCUT2D eigenvalue weighted by molar-refractivity contribution is 5.92. The number of fused-ring (bicyclic) bond motifs is 1. The van der Waals surface area contributed by atoms with E-state index in [0.717, 1.165) is 6.07 Å². The number of amides is 1. The number of nitrogens with one attached hydrogen (secondary N) is 1. The lowest BCUT2D eigenvalue weighted by Gasteiger charge is -2.00. The molecule has 0 saturated heterocycles. The van der Waals surface area contributed by atoms with Crippen molar-refractivity contribution in [2.24, 2.45) is 5.73 Å². The van der Waals surface area contributed by atoms with E-state index < -0.39 is 16.9 Å². The van der Waals surface area contributed by atoms with Crippen LogP contribution in [-0.4, -0.2) is 15.3 Å². The van der Waals surface area contributed by atoms with E-state index in [-0.39, 0.29) is 11.1 Å². The summed E-state index contributed by atoms with van der Waals surface area (Å²) in [5.74, 6) is -0.810. The summed E-state index contributed by atoms with van der Waals surface area (Å²) in [6, 6.07) is 1.08. The molecule has 2 aromatic rings. The van der Waals surface area contributed by atoms with Crippen molar-refractivity contribution in [1.82, 2.24) is 9.38 Å². The van der Waals surface area contributed by atoms with E-state index in [1.807, 2.05) is 0 Å². The molecule has 0 bridgehead atoms. The van der Waals surface area contributed by atoms with Crippen molar-refractivity contribution < 1.29 is 4.79 Å². The van der Waals surface area contributed by atoms with Gasteiger partial charge in [0.2, 0.25) is 0 Å². The minimum absolute atomic E-state index is 0.141. The van der Waals surface area contributed by atoms with Crippen molar-refractivity contribution in [3.63, 3.8) is 0 Å². The Morgan fingerprint density at radius 3 is 2.80 bits per heavy atom. The van der Waals surface area contributed by atoms with Crippen LogP contribution < -0.4 is 16.7 Å². The SMILES string of the molecule is NC(=O)c1cn2cc[nH]c(=O)c2cc1=O. The van der Waals surface area contributed by atoms with Crippen molar-refractivity contribution in [3.05, 3.63) is 50.8 Å². The Bertz CT molecular complexity index is 653. The number of nitrogens with zero attached hydrogens (tertiary/aromatic N) is 1. The van der Waals surface area contributed by atoms with E-state index >= 15 is 0 Å². The lowest BCUT2D eigenvalue weighted by Crippen LogP contribution is -2.24. The summed E-state index contributed by atoms with van der Waals surface area (Å²) in [6.07, 6.45) is 4.17. The first-order valence-corrected chi connectivity index (χ1v) is 4.13. The second-order valence-electron chi connectivity index (χ2n) is 3.00. The van der Waals surface area contributed by atoms with Gasteiger partial charge >= 0.3 is 0 Å². The number of pyridine rings is 1. The summed E-state index contributed by atoms with van der Waals surface area (Å²) < 4.78 is 1.38. The third-order valence-electron chi connectivity index (χ3n) is 2.03. The molecule has 2 heterocycles. The number of primary amides is 1. The van der Waals surface area contributed by atoms with Gasteiger partial charge in [-0.05, 0) is 0 Å². The van der Waals surface area contributed by atoms with Crippen LogP contribution >= 0.6 is 0 Å². The monoisotopic (exact) mass is 205 g/mol. The highest BCUT2D eigenvalue weighted by Crippen LogP contribution is 1.95. The van der Waals surface area contributed by atoms with Crippen molar-refractivity contribution in [3.8, 4) is 0 Å². The number of carbonyl (C=O) groups excluding carboxylic acids is 1. The minimum Gasteiger partial charge on any atom is -0.365 e. The van der Waals surface area contributed by atoms with E-state index in [4.69, 9.17) is 5.73 Å². The Kier molecular flexibility index (Phi) is 1.89. The predicted octanol–water partition coefficient (Wildman–Crippen LogP) is -0.913. The molecule has 0 fully saturated rings. The van der Waals surface area contributed by atoms with Crippen molar-refractivity contribution in [1.29, 1.82) is 0 Å². The van der Waals surface area contributed by atoms with Crippen LogP contribution in [0.2, 0.25) is 0 Å². The zero-order valence-corrected chi connectivity index (χ0v) is 7.56. The molecule has 15 heavy (non-hydrogen) atoms. The molecule has 0 saturated carbocycles. The number of carbonyl (C=O) groups is 1. The molecule has 3 N–H and O–H groups in total. The maximum Gasteiger partial charge on any atom is 0.272 e. The van der Waals surface area contributed by atoms with Gasteiger partial charge in [-0.2, -0.15) is 0 Å². The maximum absolute atomic E-state index is 11.4. The lowest BCUT2D eigenvalue weighted by atomic mass is 10.2. The second-order valence-corrected chi connectivity index (χ2v) is 3.00. The van der Waals surface area contributed by atoms with Crippen molar-refractivity contribution >= 4 is 11.4 Å². The standard InChI is InChI=1S/C9H7N3O3/c10-8(14)5-4-12-2-1-11-9(15)6(12)3-7(5)13/h1-4H,(H2,10,14)(H,11,15). The van der Waals surface area contributed by atoms with Crippen LogP contribution in [0.25, 0.3) is 5.52 Å². The van der Waals surface area contributed by atoms with E-state index in [0.29, 0.717) is 0 Å². The molecule has 0 aliphatic rings. The van der Waals surface area contributed by atoms with Gasteiger partial charge in [-0.1, -0.05) is 0 Å². The van der Waals surface area contributed by atoms with Crippen LogP contribution in [-0.2, 0) is 0 Å². The Hall–Kier alpha value is -2.37. The fourth-order valence-electron chi connectivity index (χ4n) is 1.31. The highest BCUT2D eigenvalue weighted by Gasteiger charge is 2.08. The first kappa shape index (κ1) is 9.20. The van der Waals surface area contributed by atoms with Crippen molar-refractivity contribution in [2.75, 3.05) is 0 Å². The summed E-state index contributed by atoms with van der Waals surface area (Å²) in [4.78, 5) is 35.9. The molecule has 1 amide bonds. The summed E-state index contributed by atoms with van der Waals surface area (Å²) in [7, 11) is 0. The first-order valence-electron chi connectivity index (χ1n) is 4.13. The summed E-state index contributed by atoms with van der Waals surface area (Å²) in [5, 5.41) is 0. The fourth-order valence-corrected chi connectivity index (χ4v) is 1.31. The maximum atomic E-state index is 11.4. The smallest absolute Gasteiger partial charge is 0.272 e. The van der Waals surface area contributed by atoms with Gasteiger partial charge in [0.15, 0.2) is 5.43 Å². The summed E-state index contributed by atoms with van der Waals surface area (Å²) in [5.41, 5.74) is 4.08. The molecule has 6 heteroatoms. The number of aromatic amines is 1. The number of H-pyrrole nitrogens is 1. The van der Waals surface area contributed by atoms with Crippen LogP contribution in [0.1, 0.15) is 10.4 Å². The van der Waals surface area contributed by atoms with E-state index in [9.17, 15) is 14.4 Å². The molecule has 2 rings (SSSR count). The molecule has 0 aliphatic carbocycles. The molecule has 6 nitrogen and oxygen atoms in total. The third kappa shape index (κ3) is 1.41. The van der Waals surface area contributed by atoms with E-state index in [1.54, 1.807) is 0 Å². The van der Waals surface area contributed by atoms with Crippen LogP contribution in [0.4, 0.5) is 0 Å². The Labute approximate surface area is 83.0 Å². The summed E-state index contributed by atoms with van der Waals surface area (Å²) >= 11 is 0. The van der Waals surface area contributed by atoms with Gasteiger partial charge < -0.3 is 15.1 Å². The van der Waals surface area contributed by atoms with Crippen LogP contribution in [0.5, 0.6) is 0 Å². The van der Waals surface area contributed by atoms with Gasteiger partial charge in [0.25, 0.3) is 11.5 Å². The summed E-state index contributed by atoms with van der Waals surface area (Å²) in [6.45, 7) is 0. The van der Waals surface area contributed by atoms with Gasteiger partial charge in [0, 0.05) is 24.7 Å². The van der Waals surface area contributed by atoms with Gasteiger partial charge in [-0.3, -0.25) is 14.4 Å². The Morgan fingerprint density at radius 1 is 1.40 bits per heavy atom. The zero-order chi connectivity index (χ0) is 11.0. The zero-order valence-electron chi connectivity index (χ0n) is 7.56. The van der Waals surface area contributed by atoms with Crippen LogP contribution in [0.15, 0.2) is 34.2 Å². The highest BCUT2D eigenvalue weighted by atomic mass is 16.2. The van der Waals surface area contributed by atoms with Crippen LogP contribution in [0.3, 0.4) is 0 Å². The van der Waals surface area contributed by atoms with Gasteiger partial charge in [-0.15, -0.1) is 0 Å².